The van der Waals surface area contributed by atoms with Crippen LogP contribution in [0.15, 0.2) is 206 Å². The van der Waals surface area contributed by atoms with E-state index >= 15 is 0 Å². The van der Waals surface area contributed by atoms with Gasteiger partial charge in [0.25, 0.3) is 0 Å². The number of nitrogens with zero attached hydrogens (tertiary/aromatic N) is 1. The minimum Gasteiger partial charge on any atom is -0.314 e. The van der Waals surface area contributed by atoms with Crippen LogP contribution in [0.25, 0.3) is 36.5 Å². The van der Waals surface area contributed by atoms with Gasteiger partial charge in [-0.25, -0.2) is 0 Å². The second kappa shape index (κ2) is 13.0. The Labute approximate surface area is 326 Å². The van der Waals surface area contributed by atoms with Crippen LogP contribution in [0.1, 0.15) is 46.6 Å². The number of benzene rings is 7. The van der Waals surface area contributed by atoms with Crippen LogP contribution in [0.5, 0.6) is 0 Å². The molecule has 0 saturated carbocycles. The number of anilines is 2. The predicted molar refractivity (Wildman–Crippen MR) is 234 cm³/mol. The Kier molecular flexibility index (Phi) is 7.60. The third-order valence-electron chi connectivity index (χ3n) is 12.4. The quantitative estimate of drug-likeness (QED) is 0.165. The van der Waals surface area contributed by atoms with E-state index in [1.807, 2.05) is 11.3 Å². The number of thiophene rings is 1. The zero-order chi connectivity index (χ0) is 36.3. The maximum absolute atomic E-state index is 2.54. The van der Waals surface area contributed by atoms with E-state index < -0.39 is 0 Å². The number of allylic oxidation sites excluding steroid dienone is 8. The fourth-order valence-corrected chi connectivity index (χ4v) is 11.1. The van der Waals surface area contributed by atoms with Crippen molar-refractivity contribution in [3.63, 3.8) is 0 Å². The van der Waals surface area contributed by atoms with Crippen LogP contribution in [-0.4, -0.2) is 0 Å². The summed E-state index contributed by atoms with van der Waals surface area (Å²) in [5, 5.41) is 5.27. The van der Waals surface area contributed by atoms with Crippen molar-refractivity contribution < 1.29 is 0 Å². The van der Waals surface area contributed by atoms with Gasteiger partial charge in [-0.3, -0.25) is 0 Å². The Bertz CT molecular complexity index is 2870. The third-order valence-corrected chi connectivity index (χ3v) is 13.5. The molecule has 0 N–H and O–H groups in total. The molecule has 3 unspecified atom stereocenters. The highest BCUT2D eigenvalue weighted by molar-refractivity contribution is 7.26. The molecule has 8 aromatic rings. The second-order valence-electron chi connectivity index (χ2n) is 15.1. The van der Waals surface area contributed by atoms with Gasteiger partial charge in [-0.15, -0.1) is 11.3 Å². The van der Waals surface area contributed by atoms with Gasteiger partial charge < -0.3 is 4.90 Å². The van der Waals surface area contributed by atoms with Crippen LogP contribution >= 0.6 is 11.3 Å². The maximum atomic E-state index is 2.54. The lowest BCUT2D eigenvalue weighted by Crippen LogP contribution is -2.35. The zero-order valence-electron chi connectivity index (χ0n) is 30.5. The Morgan fingerprint density at radius 1 is 0.527 bits per heavy atom. The SMILES string of the molecule is C1=CC2c3ccccc3C(c3ccccc3)(c3ccc(N(C4=CC=C(c5ccccc5)CC4)c4cccc5c4ccc4sc6ccccc6c45)cc3)C2C=C1. The van der Waals surface area contributed by atoms with Crippen LogP contribution in [0.4, 0.5) is 11.4 Å². The molecule has 1 aromatic heterocycles. The minimum atomic E-state index is -0.310. The highest BCUT2D eigenvalue weighted by atomic mass is 32.1. The fourth-order valence-electron chi connectivity index (χ4n) is 10.0. The van der Waals surface area contributed by atoms with Gasteiger partial charge in [-0.2, -0.15) is 0 Å². The van der Waals surface area contributed by atoms with Crippen molar-refractivity contribution in [2.24, 2.45) is 5.92 Å². The first-order valence-corrected chi connectivity index (χ1v) is 20.3. The monoisotopic (exact) mass is 721 g/mol. The van der Waals surface area contributed by atoms with E-state index in [0.717, 1.165) is 12.8 Å². The highest BCUT2D eigenvalue weighted by Gasteiger charge is 2.52. The number of hydrogen-bond donors (Lipinski definition) is 0. The van der Waals surface area contributed by atoms with Crippen molar-refractivity contribution in [2.45, 2.75) is 24.2 Å². The van der Waals surface area contributed by atoms with Gasteiger partial charge in [0.15, 0.2) is 0 Å². The van der Waals surface area contributed by atoms with Gasteiger partial charge in [0.2, 0.25) is 0 Å². The Balaban J connectivity index is 1.11. The number of hydrogen-bond acceptors (Lipinski definition) is 2. The minimum absolute atomic E-state index is 0.280. The summed E-state index contributed by atoms with van der Waals surface area (Å²) in [6, 6.07) is 61.2. The molecule has 11 rings (SSSR count). The maximum Gasteiger partial charge on any atom is 0.0537 e. The molecule has 0 saturated heterocycles. The number of fused-ring (bicyclic) bond motifs is 8. The van der Waals surface area contributed by atoms with Crippen molar-refractivity contribution in [2.75, 3.05) is 4.90 Å². The second-order valence-corrected chi connectivity index (χ2v) is 16.2. The molecular weight excluding hydrogens is 683 g/mol. The van der Waals surface area contributed by atoms with Crippen molar-refractivity contribution in [1.82, 2.24) is 0 Å². The first kappa shape index (κ1) is 32.2. The molecule has 2 heteroatoms. The molecule has 1 heterocycles. The molecule has 0 radical (unpaired) electrons. The van der Waals surface area contributed by atoms with Crippen LogP contribution in [0.2, 0.25) is 0 Å². The van der Waals surface area contributed by atoms with Gasteiger partial charge in [0, 0.05) is 48.8 Å². The Hall–Kier alpha value is -6.22. The Morgan fingerprint density at radius 3 is 2.09 bits per heavy atom. The molecule has 7 aromatic carbocycles. The predicted octanol–water partition coefficient (Wildman–Crippen LogP) is 14.3. The average Bonchev–Trinajstić information content (AvgIpc) is 3.80. The molecule has 55 heavy (non-hydrogen) atoms. The van der Waals surface area contributed by atoms with E-state index in [2.05, 4.69) is 205 Å². The van der Waals surface area contributed by atoms with E-state index in [4.69, 9.17) is 0 Å². The molecule has 0 aliphatic heterocycles. The molecular formula is C53H39NS. The molecule has 0 bridgehead atoms. The van der Waals surface area contributed by atoms with Crippen molar-refractivity contribution >= 4 is 59.2 Å². The normalized spacial score (nSPS) is 20.0. The van der Waals surface area contributed by atoms with Crippen molar-refractivity contribution in [1.29, 1.82) is 0 Å². The molecule has 3 atom stereocenters. The van der Waals surface area contributed by atoms with Gasteiger partial charge in [0.1, 0.15) is 0 Å². The van der Waals surface area contributed by atoms with Gasteiger partial charge in [-0.05, 0) is 88.0 Å². The van der Waals surface area contributed by atoms with E-state index in [0.29, 0.717) is 5.92 Å². The molecule has 0 amide bonds. The topological polar surface area (TPSA) is 3.24 Å². The van der Waals surface area contributed by atoms with Crippen LogP contribution < -0.4 is 4.90 Å². The first-order valence-electron chi connectivity index (χ1n) is 19.5. The molecule has 1 nitrogen and oxygen atoms in total. The number of rotatable bonds is 6. The summed E-state index contributed by atoms with van der Waals surface area (Å²) < 4.78 is 2.67. The summed E-state index contributed by atoms with van der Waals surface area (Å²) in [7, 11) is 0. The standard InChI is InChI=1S/C53H39NS/c1-3-14-36(15-4-1)37-26-30-40(31-27-37)54(49-24-13-21-45-44(49)34-35-51-52(45)46-20-9-12-25-50(46)55-51)41-32-28-39(29-33-41)53(38-16-5-2-6-17-38)47-22-10-7-18-42(47)43-19-8-11-23-48(43)53/h1-26,28-30,32-35,42,47H,27,31H2. The van der Waals surface area contributed by atoms with Crippen LogP contribution in [0.3, 0.4) is 0 Å². The van der Waals surface area contributed by atoms with E-state index in [1.165, 1.54) is 81.4 Å². The summed E-state index contributed by atoms with van der Waals surface area (Å²) in [6.07, 6.45) is 16.0. The molecule has 3 aliphatic carbocycles. The third kappa shape index (κ3) is 4.98. The average molecular weight is 722 g/mol. The lowest BCUT2D eigenvalue weighted by molar-refractivity contribution is 0.457. The highest BCUT2D eigenvalue weighted by Crippen LogP contribution is 2.59. The van der Waals surface area contributed by atoms with Crippen molar-refractivity contribution in [3.05, 3.63) is 234 Å². The fraction of sp³-hybridized carbons (Fsp3) is 0.0943. The smallest absolute Gasteiger partial charge is 0.0537 e. The summed E-state index contributed by atoms with van der Waals surface area (Å²) in [4.78, 5) is 2.54. The molecule has 0 spiro atoms. The zero-order valence-corrected chi connectivity index (χ0v) is 31.3. The summed E-state index contributed by atoms with van der Waals surface area (Å²) in [5.74, 6) is 0.610. The summed E-state index contributed by atoms with van der Waals surface area (Å²) in [5.41, 5.74) is 11.6. The molecule has 262 valence electrons. The first-order chi connectivity index (χ1) is 27.3. The van der Waals surface area contributed by atoms with E-state index in [-0.39, 0.29) is 11.3 Å². The van der Waals surface area contributed by atoms with Gasteiger partial charge in [0.05, 0.1) is 11.1 Å². The van der Waals surface area contributed by atoms with Crippen LogP contribution in [0, 0.1) is 5.92 Å². The summed E-state index contributed by atoms with van der Waals surface area (Å²) in [6.45, 7) is 0. The van der Waals surface area contributed by atoms with E-state index in [1.54, 1.807) is 0 Å². The van der Waals surface area contributed by atoms with Gasteiger partial charge in [-0.1, -0.05) is 164 Å². The molecule has 3 aliphatic rings. The molecule has 0 fully saturated rings. The van der Waals surface area contributed by atoms with E-state index in [9.17, 15) is 0 Å². The largest absolute Gasteiger partial charge is 0.314 e. The van der Waals surface area contributed by atoms with Crippen molar-refractivity contribution in [3.8, 4) is 0 Å². The Morgan fingerprint density at radius 2 is 1.25 bits per heavy atom. The van der Waals surface area contributed by atoms with Gasteiger partial charge >= 0.3 is 0 Å². The van der Waals surface area contributed by atoms with Crippen LogP contribution in [-0.2, 0) is 5.41 Å². The lowest BCUT2D eigenvalue weighted by Gasteiger charge is -2.39. The lowest BCUT2D eigenvalue weighted by atomic mass is 9.63. The summed E-state index contributed by atoms with van der Waals surface area (Å²) >= 11 is 1.89.